The highest BCUT2D eigenvalue weighted by Crippen LogP contribution is 2.23. The Morgan fingerprint density at radius 3 is 2.86 bits per heavy atom. The highest BCUT2D eigenvalue weighted by atomic mass is 79.9. The number of aromatic nitrogens is 1. The predicted octanol–water partition coefficient (Wildman–Crippen LogP) is 4.25. The molecule has 0 atom stereocenters. The molecule has 0 saturated carbocycles. The van der Waals surface area contributed by atoms with E-state index in [4.69, 9.17) is 11.6 Å². The Balaban J connectivity index is 2.72. The number of hydrogen-bond donors (Lipinski definition) is 0. The Morgan fingerprint density at radius 1 is 1.29 bits per heavy atom. The first-order chi connectivity index (χ1) is 6.81. The van der Waals surface area contributed by atoms with E-state index in [1.807, 2.05) is 36.4 Å². The maximum absolute atomic E-state index is 6.11. The number of rotatable bonds is 1. The van der Waals surface area contributed by atoms with E-state index in [0.29, 0.717) is 0 Å². The predicted molar refractivity (Wildman–Crippen MR) is 64.7 cm³/mol. The Bertz CT molecular complexity index is 494. The van der Waals surface area contributed by atoms with Crippen molar-refractivity contribution in [1.29, 1.82) is 0 Å². The van der Waals surface area contributed by atoms with Gasteiger partial charge in [0.2, 0.25) is 0 Å². The molecule has 0 fully saturated rings. The molecule has 0 aliphatic carbocycles. The number of hydrogen-bond acceptors (Lipinski definition) is 1. The van der Waals surface area contributed by atoms with E-state index in [-0.39, 0.29) is 0 Å². The molecule has 1 aromatic carbocycles. The van der Waals surface area contributed by atoms with Gasteiger partial charge in [0.15, 0.2) is 0 Å². The SMILES string of the molecule is Clc1cc(/C=C/Br)nc2ccccc12. The second-order valence-corrected chi connectivity index (χ2v) is 3.77. The summed E-state index contributed by atoms with van der Waals surface area (Å²) in [7, 11) is 0. The van der Waals surface area contributed by atoms with Crippen LogP contribution in [0.15, 0.2) is 35.3 Å². The third kappa shape index (κ3) is 1.81. The number of para-hydroxylation sites is 1. The molecule has 3 heteroatoms. The monoisotopic (exact) mass is 267 g/mol. The number of fused-ring (bicyclic) bond motifs is 1. The molecule has 0 aliphatic heterocycles. The molecule has 0 spiro atoms. The van der Waals surface area contributed by atoms with Gasteiger partial charge >= 0.3 is 0 Å². The molecule has 1 aromatic heterocycles. The first kappa shape index (κ1) is 9.69. The van der Waals surface area contributed by atoms with Gasteiger partial charge in [-0.3, -0.25) is 0 Å². The molecule has 0 saturated heterocycles. The van der Waals surface area contributed by atoms with Gasteiger partial charge in [-0.25, -0.2) is 4.98 Å². The standard InChI is InChI=1S/C11H7BrClN/c12-6-5-8-7-10(13)9-3-1-2-4-11(9)14-8/h1-7H/b6-5+. The molecule has 0 aliphatic rings. The zero-order valence-corrected chi connectivity index (χ0v) is 9.59. The van der Waals surface area contributed by atoms with Crippen molar-refractivity contribution in [1.82, 2.24) is 4.98 Å². The summed E-state index contributed by atoms with van der Waals surface area (Å²) in [6, 6.07) is 9.67. The van der Waals surface area contributed by atoms with Crippen LogP contribution >= 0.6 is 27.5 Å². The number of halogens is 2. The first-order valence-corrected chi connectivity index (χ1v) is 5.42. The van der Waals surface area contributed by atoms with E-state index in [1.165, 1.54) is 0 Å². The van der Waals surface area contributed by atoms with Crippen LogP contribution in [0.2, 0.25) is 5.02 Å². The smallest absolute Gasteiger partial charge is 0.0724 e. The molecule has 1 heterocycles. The largest absolute Gasteiger partial charge is 0.248 e. The van der Waals surface area contributed by atoms with Gasteiger partial charge in [0.25, 0.3) is 0 Å². The van der Waals surface area contributed by atoms with E-state index >= 15 is 0 Å². The van der Waals surface area contributed by atoms with Gasteiger partial charge in [-0.05, 0) is 23.2 Å². The summed E-state index contributed by atoms with van der Waals surface area (Å²) in [6.45, 7) is 0. The molecule has 0 radical (unpaired) electrons. The van der Waals surface area contributed by atoms with Crippen LogP contribution in [0.25, 0.3) is 17.0 Å². The molecule has 2 aromatic rings. The maximum Gasteiger partial charge on any atom is 0.0724 e. The summed E-state index contributed by atoms with van der Waals surface area (Å²) in [5, 5.41) is 1.72. The fraction of sp³-hybridized carbons (Fsp3) is 0. The van der Waals surface area contributed by atoms with Crippen LogP contribution in [0.1, 0.15) is 5.69 Å². The average molecular weight is 269 g/mol. The molecule has 14 heavy (non-hydrogen) atoms. The van der Waals surface area contributed by atoms with Crippen molar-refractivity contribution < 1.29 is 0 Å². The molecular weight excluding hydrogens is 261 g/mol. The molecule has 1 nitrogen and oxygen atoms in total. The lowest BCUT2D eigenvalue weighted by Gasteiger charge is -2.00. The van der Waals surface area contributed by atoms with E-state index in [2.05, 4.69) is 20.9 Å². The molecule has 0 N–H and O–H groups in total. The van der Waals surface area contributed by atoms with Crippen LogP contribution in [-0.4, -0.2) is 4.98 Å². The Kier molecular flexibility index (Phi) is 2.85. The van der Waals surface area contributed by atoms with Crippen molar-refractivity contribution in [3.63, 3.8) is 0 Å². The summed E-state index contributed by atoms with van der Waals surface area (Å²) in [4.78, 5) is 6.19. The van der Waals surface area contributed by atoms with Gasteiger partial charge < -0.3 is 0 Å². The molecule has 2 rings (SSSR count). The number of pyridine rings is 1. The Labute approximate surface area is 95.5 Å². The lowest BCUT2D eigenvalue weighted by Crippen LogP contribution is -1.83. The highest BCUT2D eigenvalue weighted by molar-refractivity contribution is 9.11. The lowest BCUT2D eigenvalue weighted by atomic mass is 10.2. The van der Waals surface area contributed by atoms with Crippen molar-refractivity contribution in [2.45, 2.75) is 0 Å². The first-order valence-electron chi connectivity index (χ1n) is 4.13. The molecule has 0 bridgehead atoms. The third-order valence-electron chi connectivity index (χ3n) is 1.92. The van der Waals surface area contributed by atoms with Crippen molar-refractivity contribution in [2.24, 2.45) is 0 Å². The molecule has 0 amide bonds. The van der Waals surface area contributed by atoms with E-state index < -0.39 is 0 Å². The van der Waals surface area contributed by atoms with Crippen molar-refractivity contribution in [3.05, 3.63) is 46.0 Å². The number of benzene rings is 1. The van der Waals surface area contributed by atoms with Crippen LogP contribution in [0.5, 0.6) is 0 Å². The second-order valence-electron chi connectivity index (χ2n) is 2.84. The number of nitrogens with zero attached hydrogens (tertiary/aromatic N) is 1. The van der Waals surface area contributed by atoms with Crippen molar-refractivity contribution >= 4 is 44.5 Å². The van der Waals surface area contributed by atoms with Gasteiger partial charge in [0.05, 0.1) is 16.2 Å². The van der Waals surface area contributed by atoms with Crippen LogP contribution in [-0.2, 0) is 0 Å². The minimum Gasteiger partial charge on any atom is -0.248 e. The fourth-order valence-electron chi connectivity index (χ4n) is 1.30. The molecule has 70 valence electrons. The van der Waals surface area contributed by atoms with Crippen LogP contribution < -0.4 is 0 Å². The minimum atomic E-state index is 0.733. The Hall–Kier alpha value is -0.860. The van der Waals surface area contributed by atoms with Crippen LogP contribution in [0.4, 0.5) is 0 Å². The molecular formula is C11H7BrClN. The highest BCUT2D eigenvalue weighted by Gasteiger charge is 2.00. The van der Waals surface area contributed by atoms with Crippen LogP contribution in [0, 0.1) is 0 Å². The summed E-state index contributed by atoms with van der Waals surface area (Å²) < 4.78 is 0. The summed E-state index contributed by atoms with van der Waals surface area (Å²) in [5.74, 6) is 0. The Morgan fingerprint density at radius 2 is 2.07 bits per heavy atom. The fourth-order valence-corrected chi connectivity index (χ4v) is 1.84. The van der Waals surface area contributed by atoms with E-state index in [1.54, 1.807) is 4.99 Å². The van der Waals surface area contributed by atoms with E-state index in [0.717, 1.165) is 21.6 Å². The normalized spacial score (nSPS) is 11.3. The lowest BCUT2D eigenvalue weighted by molar-refractivity contribution is 1.37. The van der Waals surface area contributed by atoms with Gasteiger partial charge in [0.1, 0.15) is 0 Å². The summed E-state index contributed by atoms with van der Waals surface area (Å²) in [6.07, 6.45) is 1.86. The van der Waals surface area contributed by atoms with Crippen molar-refractivity contribution in [2.75, 3.05) is 0 Å². The third-order valence-corrected chi connectivity index (χ3v) is 2.50. The van der Waals surface area contributed by atoms with E-state index in [9.17, 15) is 0 Å². The summed E-state index contributed by atoms with van der Waals surface area (Å²) in [5.41, 5.74) is 1.77. The molecule has 0 unspecified atom stereocenters. The quantitative estimate of drug-likeness (QED) is 0.753. The van der Waals surface area contributed by atoms with Gasteiger partial charge in [-0.1, -0.05) is 45.7 Å². The van der Waals surface area contributed by atoms with Crippen molar-refractivity contribution in [3.8, 4) is 0 Å². The van der Waals surface area contributed by atoms with Gasteiger partial charge in [0, 0.05) is 5.39 Å². The zero-order chi connectivity index (χ0) is 9.97. The average Bonchev–Trinajstić information content (AvgIpc) is 2.18. The topological polar surface area (TPSA) is 12.9 Å². The minimum absolute atomic E-state index is 0.733. The maximum atomic E-state index is 6.11. The van der Waals surface area contributed by atoms with Gasteiger partial charge in [-0.15, -0.1) is 0 Å². The van der Waals surface area contributed by atoms with Crippen LogP contribution in [0.3, 0.4) is 0 Å². The summed E-state index contributed by atoms with van der Waals surface area (Å²) >= 11 is 9.32. The van der Waals surface area contributed by atoms with Gasteiger partial charge in [-0.2, -0.15) is 0 Å². The zero-order valence-electron chi connectivity index (χ0n) is 7.24. The second kappa shape index (κ2) is 4.11.